The predicted molar refractivity (Wildman–Crippen MR) is 114 cm³/mol. The first-order chi connectivity index (χ1) is 14.9. The van der Waals surface area contributed by atoms with Gasteiger partial charge in [-0.3, -0.25) is 4.79 Å². The van der Waals surface area contributed by atoms with Crippen LogP contribution in [-0.2, 0) is 9.53 Å². The van der Waals surface area contributed by atoms with Crippen LogP contribution >= 0.6 is 0 Å². The van der Waals surface area contributed by atoms with E-state index >= 15 is 0 Å². The number of carbonyl (C=O) groups is 2. The molecule has 0 aliphatic rings. The van der Waals surface area contributed by atoms with Gasteiger partial charge in [0.15, 0.2) is 11.9 Å². The van der Waals surface area contributed by atoms with Gasteiger partial charge < -0.3 is 19.7 Å². The Bertz CT molecular complexity index is 1260. The van der Waals surface area contributed by atoms with Gasteiger partial charge >= 0.3 is 5.97 Å². The number of fused-ring (bicyclic) bond motifs is 1. The average molecular weight is 417 g/mol. The maximum Gasteiger partial charge on any atom is 0.339 e. The van der Waals surface area contributed by atoms with E-state index in [1.807, 2.05) is 6.07 Å². The Morgan fingerprint density at radius 2 is 1.84 bits per heavy atom. The lowest BCUT2D eigenvalue weighted by Crippen LogP contribution is -2.30. The van der Waals surface area contributed by atoms with Crippen LogP contribution in [0.4, 0.5) is 5.82 Å². The van der Waals surface area contributed by atoms with Crippen LogP contribution in [0.1, 0.15) is 23.0 Å². The summed E-state index contributed by atoms with van der Waals surface area (Å²) < 4.78 is 10.3. The van der Waals surface area contributed by atoms with Crippen molar-refractivity contribution < 1.29 is 24.0 Å². The number of carbonyl (C=O) groups excluding carboxylic acids is 2. The number of aromatic nitrogens is 2. The molecule has 4 aromatic rings. The van der Waals surface area contributed by atoms with Gasteiger partial charge in [0, 0.05) is 17.0 Å². The fourth-order valence-corrected chi connectivity index (χ4v) is 3.06. The molecule has 0 aliphatic heterocycles. The minimum absolute atomic E-state index is 0.131. The first kappa shape index (κ1) is 20.1. The number of ether oxygens (including phenoxy) is 1. The molecule has 8 heteroatoms. The summed E-state index contributed by atoms with van der Waals surface area (Å²) in [5.41, 5.74) is 2.16. The van der Waals surface area contributed by atoms with E-state index in [0.29, 0.717) is 22.4 Å². The molecule has 2 aromatic carbocycles. The second kappa shape index (κ2) is 8.27. The number of aromatic hydroxyl groups is 1. The van der Waals surface area contributed by atoms with Crippen molar-refractivity contribution in [1.82, 2.24) is 10.1 Å². The Kier molecular flexibility index (Phi) is 5.36. The standard InChI is InChI=1S/C23H19N3O5/c1-13-11-21(26-31-13)25-22(28)14(2)30-23(29)18-12-20(15-7-9-16(27)10-8-15)24-19-6-4-3-5-17(18)19/h3-12,14,27H,1-2H3,(H,25,26,28)/t14-/m0/s1. The summed E-state index contributed by atoms with van der Waals surface area (Å²) in [6, 6.07) is 16.8. The number of para-hydroxylation sites is 1. The molecule has 0 spiro atoms. The Morgan fingerprint density at radius 3 is 2.55 bits per heavy atom. The van der Waals surface area contributed by atoms with Gasteiger partial charge in [-0.15, -0.1) is 0 Å². The van der Waals surface area contributed by atoms with Crippen molar-refractivity contribution in [2.24, 2.45) is 0 Å². The molecule has 1 amide bonds. The molecule has 0 unspecified atom stereocenters. The van der Waals surface area contributed by atoms with E-state index in [1.54, 1.807) is 61.5 Å². The van der Waals surface area contributed by atoms with E-state index in [4.69, 9.17) is 9.26 Å². The third-order valence-corrected chi connectivity index (χ3v) is 4.63. The van der Waals surface area contributed by atoms with Crippen LogP contribution in [0.15, 0.2) is 65.2 Å². The third kappa shape index (κ3) is 4.37. The molecular weight excluding hydrogens is 398 g/mol. The second-order valence-electron chi connectivity index (χ2n) is 6.98. The molecule has 0 fully saturated rings. The molecule has 2 N–H and O–H groups in total. The van der Waals surface area contributed by atoms with E-state index in [1.165, 1.54) is 6.92 Å². The molecule has 0 aliphatic carbocycles. The molecule has 8 nitrogen and oxygen atoms in total. The highest BCUT2D eigenvalue weighted by atomic mass is 16.5. The van der Waals surface area contributed by atoms with Crippen LogP contribution in [0, 0.1) is 6.92 Å². The predicted octanol–water partition coefficient (Wildman–Crippen LogP) is 4.09. The van der Waals surface area contributed by atoms with Gasteiger partial charge in [-0.05, 0) is 50.2 Å². The number of esters is 1. The van der Waals surface area contributed by atoms with E-state index in [2.05, 4.69) is 15.5 Å². The Morgan fingerprint density at radius 1 is 1.10 bits per heavy atom. The molecule has 4 rings (SSSR count). The molecule has 1 atom stereocenters. The van der Waals surface area contributed by atoms with E-state index < -0.39 is 18.0 Å². The van der Waals surface area contributed by atoms with Crippen molar-refractivity contribution in [1.29, 1.82) is 0 Å². The highest BCUT2D eigenvalue weighted by molar-refractivity contribution is 6.06. The fraction of sp³-hybridized carbons (Fsp3) is 0.130. The maximum absolute atomic E-state index is 13.0. The Labute approximate surface area is 177 Å². The zero-order chi connectivity index (χ0) is 22.0. The normalized spacial score (nSPS) is 11.8. The molecule has 156 valence electrons. The number of pyridine rings is 1. The van der Waals surface area contributed by atoms with Crippen molar-refractivity contribution in [2.75, 3.05) is 5.32 Å². The summed E-state index contributed by atoms with van der Waals surface area (Å²) in [6.45, 7) is 3.18. The highest BCUT2D eigenvalue weighted by Gasteiger charge is 2.22. The lowest BCUT2D eigenvalue weighted by molar-refractivity contribution is -0.123. The lowest BCUT2D eigenvalue weighted by atomic mass is 10.0. The molecule has 0 bridgehead atoms. The maximum atomic E-state index is 13.0. The van der Waals surface area contributed by atoms with Crippen molar-refractivity contribution >= 4 is 28.6 Å². The van der Waals surface area contributed by atoms with E-state index in [0.717, 1.165) is 5.56 Å². The number of nitrogens with zero attached hydrogens (tertiary/aromatic N) is 2. The number of hydrogen-bond acceptors (Lipinski definition) is 7. The van der Waals surface area contributed by atoms with Gasteiger partial charge in [0.1, 0.15) is 11.5 Å². The van der Waals surface area contributed by atoms with Gasteiger partial charge in [-0.2, -0.15) is 0 Å². The van der Waals surface area contributed by atoms with Crippen LogP contribution in [-0.4, -0.2) is 33.2 Å². The van der Waals surface area contributed by atoms with Gasteiger partial charge in [0.25, 0.3) is 5.91 Å². The molecule has 0 saturated heterocycles. The summed E-state index contributed by atoms with van der Waals surface area (Å²) in [6.07, 6.45) is -1.06. The monoisotopic (exact) mass is 417 g/mol. The van der Waals surface area contributed by atoms with Gasteiger partial charge in [-0.1, -0.05) is 23.4 Å². The van der Waals surface area contributed by atoms with Crippen LogP contribution in [0.2, 0.25) is 0 Å². The molecular formula is C23H19N3O5. The minimum atomic E-state index is -1.06. The van der Waals surface area contributed by atoms with Gasteiger partial charge in [-0.25, -0.2) is 9.78 Å². The number of hydrogen-bond donors (Lipinski definition) is 2. The van der Waals surface area contributed by atoms with E-state index in [9.17, 15) is 14.7 Å². The summed E-state index contributed by atoms with van der Waals surface area (Å²) in [5.74, 6) is -0.262. The lowest BCUT2D eigenvalue weighted by Gasteiger charge is -2.14. The minimum Gasteiger partial charge on any atom is -0.508 e. The molecule has 0 radical (unpaired) electrons. The van der Waals surface area contributed by atoms with Gasteiger partial charge in [0.2, 0.25) is 0 Å². The third-order valence-electron chi connectivity index (χ3n) is 4.63. The van der Waals surface area contributed by atoms with Crippen molar-refractivity contribution in [3.8, 4) is 17.0 Å². The summed E-state index contributed by atoms with van der Waals surface area (Å²) >= 11 is 0. The molecule has 2 aromatic heterocycles. The van der Waals surface area contributed by atoms with Crippen LogP contribution in [0.5, 0.6) is 5.75 Å². The zero-order valence-corrected chi connectivity index (χ0v) is 16.8. The second-order valence-corrected chi connectivity index (χ2v) is 6.98. The van der Waals surface area contributed by atoms with Crippen LogP contribution in [0.25, 0.3) is 22.2 Å². The SMILES string of the molecule is Cc1cc(NC(=O)[C@H](C)OC(=O)c2cc(-c3ccc(O)cc3)nc3ccccc23)no1. The van der Waals surface area contributed by atoms with Crippen LogP contribution < -0.4 is 5.32 Å². The van der Waals surface area contributed by atoms with E-state index in [-0.39, 0.29) is 17.1 Å². The van der Waals surface area contributed by atoms with Crippen molar-refractivity contribution in [2.45, 2.75) is 20.0 Å². The fourth-order valence-electron chi connectivity index (χ4n) is 3.06. The smallest absolute Gasteiger partial charge is 0.339 e. The number of phenolic OH excluding ortho intramolecular Hbond substituents is 1. The Balaban J connectivity index is 1.62. The average Bonchev–Trinajstić information content (AvgIpc) is 3.17. The molecule has 31 heavy (non-hydrogen) atoms. The Hall–Kier alpha value is -4.20. The molecule has 2 heterocycles. The summed E-state index contributed by atoms with van der Waals surface area (Å²) in [5, 5.41) is 16.4. The summed E-state index contributed by atoms with van der Waals surface area (Å²) in [7, 11) is 0. The zero-order valence-electron chi connectivity index (χ0n) is 16.8. The number of anilines is 1. The number of nitrogens with one attached hydrogen (secondary N) is 1. The van der Waals surface area contributed by atoms with Gasteiger partial charge in [0.05, 0.1) is 16.8 Å². The van der Waals surface area contributed by atoms with Crippen molar-refractivity contribution in [3.63, 3.8) is 0 Å². The van der Waals surface area contributed by atoms with Crippen molar-refractivity contribution in [3.05, 3.63) is 72.0 Å². The number of aryl methyl sites for hydroxylation is 1. The number of phenols is 1. The first-order valence-corrected chi connectivity index (χ1v) is 9.55. The van der Waals surface area contributed by atoms with Crippen LogP contribution in [0.3, 0.4) is 0 Å². The highest BCUT2D eigenvalue weighted by Crippen LogP contribution is 2.27. The summed E-state index contributed by atoms with van der Waals surface area (Å²) in [4.78, 5) is 29.9. The topological polar surface area (TPSA) is 115 Å². The number of benzene rings is 2. The first-order valence-electron chi connectivity index (χ1n) is 9.55. The molecule has 0 saturated carbocycles. The number of amides is 1. The quantitative estimate of drug-likeness (QED) is 0.470. The largest absolute Gasteiger partial charge is 0.508 e. The number of rotatable bonds is 5.